The van der Waals surface area contributed by atoms with Crippen LogP contribution in [0.2, 0.25) is 0 Å². The number of carbonyl (C=O) groups is 1. The normalized spacial score (nSPS) is 30.0. The highest BCUT2D eigenvalue weighted by Crippen LogP contribution is 2.47. The Morgan fingerprint density at radius 3 is 2.19 bits per heavy atom. The summed E-state index contributed by atoms with van der Waals surface area (Å²) in [4.78, 5) is 19.7. The van der Waals surface area contributed by atoms with Gasteiger partial charge < -0.3 is 5.32 Å². The van der Waals surface area contributed by atoms with Gasteiger partial charge >= 0.3 is 0 Å². The van der Waals surface area contributed by atoms with Crippen molar-refractivity contribution in [1.82, 2.24) is 10.4 Å². The molecule has 0 spiro atoms. The largest absolute Gasteiger partial charge is 0.349 e. The van der Waals surface area contributed by atoms with Crippen molar-refractivity contribution in [2.75, 3.05) is 0 Å². The molecule has 1 saturated heterocycles. The van der Waals surface area contributed by atoms with Crippen LogP contribution in [-0.2, 0) is 4.84 Å². The van der Waals surface area contributed by atoms with Gasteiger partial charge in [-0.05, 0) is 63.6 Å². The first kappa shape index (κ1) is 23.5. The molecule has 5 atom stereocenters. The molecule has 1 heterocycles. The average Bonchev–Trinajstić information content (AvgIpc) is 2.81. The van der Waals surface area contributed by atoms with Crippen molar-refractivity contribution in [2.45, 2.75) is 84.0 Å². The summed E-state index contributed by atoms with van der Waals surface area (Å²) in [6.07, 6.45) is 2.68. The first-order chi connectivity index (χ1) is 14.7. The van der Waals surface area contributed by atoms with Crippen LogP contribution in [0.15, 0.2) is 60.7 Å². The molecule has 0 aliphatic carbocycles. The van der Waals surface area contributed by atoms with Gasteiger partial charge in [-0.1, -0.05) is 69.3 Å². The molecule has 1 amide bonds. The maximum atomic E-state index is 12.9. The Balaban J connectivity index is 1.87. The molecule has 0 saturated carbocycles. The zero-order chi connectivity index (χ0) is 22.6. The van der Waals surface area contributed by atoms with E-state index in [4.69, 9.17) is 4.84 Å². The van der Waals surface area contributed by atoms with Gasteiger partial charge in [0.05, 0.1) is 0 Å². The van der Waals surface area contributed by atoms with E-state index < -0.39 is 0 Å². The Hall–Kier alpha value is -2.17. The second kappa shape index (κ2) is 9.54. The van der Waals surface area contributed by atoms with Gasteiger partial charge in [-0.2, -0.15) is 5.06 Å². The molecule has 2 aromatic rings. The van der Waals surface area contributed by atoms with Gasteiger partial charge in [0.15, 0.2) is 0 Å². The van der Waals surface area contributed by atoms with Crippen LogP contribution in [0.3, 0.4) is 0 Å². The number of hydrogen-bond acceptors (Lipinski definition) is 3. The lowest BCUT2D eigenvalue weighted by molar-refractivity contribution is -0.327. The molecule has 1 N–H and O–H groups in total. The predicted molar refractivity (Wildman–Crippen MR) is 127 cm³/mol. The van der Waals surface area contributed by atoms with E-state index in [2.05, 4.69) is 76.2 Å². The summed E-state index contributed by atoms with van der Waals surface area (Å²) in [6.45, 7) is 13.4. The number of nitrogens with one attached hydrogen (secondary N) is 1. The highest BCUT2D eigenvalue weighted by atomic mass is 16.7. The minimum Gasteiger partial charge on any atom is -0.349 e. The number of piperidine rings is 1. The first-order valence-electron chi connectivity index (χ1n) is 11.6. The summed E-state index contributed by atoms with van der Waals surface area (Å²) < 4.78 is 0. The topological polar surface area (TPSA) is 41.6 Å². The summed E-state index contributed by atoms with van der Waals surface area (Å²) in [5.74, 6) is 0.231. The van der Waals surface area contributed by atoms with Crippen LogP contribution in [0.4, 0.5) is 0 Å². The zero-order valence-electron chi connectivity index (χ0n) is 19.9. The standard InChI is InChI=1S/C27H38N2O2/c1-7-26(5)19-24(28-25(30)23-17-13-10-14-18-23)20(3)27(6,8-2)29(26)31-21(4)22-15-11-9-12-16-22/h9-18,20-21,24H,7-8,19H2,1-6H3,(H,28,30). The summed E-state index contributed by atoms with van der Waals surface area (Å²) in [6, 6.07) is 20.0. The van der Waals surface area contributed by atoms with E-state index in [0.717, 1.165) is 19.3 Å². The average molecular weight is 423 g/mol. The fraction of sp³-hybridized carbons (Fsp3) is 0.519. The Kier molecular flexibility index (Phi) is 7.23. The van der Waals surface area contributed by atoms with Gasteiger partial charge in [-0.25, -0.2) is 0 Å². The predicted octanol–water partition coefficient (Wildman–Crippen LogP) is 6.16. The van der Waals surface area contributed by atoms with E-state index in [1.54, 1.807) is 0 Å². The van der Waals surface area contributed by atoms with Crippen molar-refractivity contribution in [3.05, 3.63) is 71.8 Å². The van der Waals surface area contributed by atoms with Gasteiger partial charge in [-0.3, -0.25) is 9.63 Å². The second-order valence-corrected chi connectivity index (χ2v) is 9.45. The highest BCUT2D eigenvalue weighted by molar-refractivity contribution is 5.94. The molecule has 0 bridgehead atoms. The van der Waals surface area contributed by atoms with Crippen LogP contribution in [0.1, 0.15) is 82.8 Å². The maximum Gasteiger partial charge on any atom is 0.251 e. The highest BCUT2D eigenvalue weighted by Gasteiger charge is 2.54. The Bertz CT molecular complexity index is 856. The molecule has 1 aliphatic rings. The number of hydroxylamine groups is 2. The molecule has 1 aliphatic heterocycles. The summed E-state index contributed by atoms with van der Waals surface area (Å²) in [7, 11) is 0. The Morgan fingerprint density at radius 2 is 1.65 bits per heavy atom. The third kappa shape index (κ3) is 4.70. The van der Waals surface area contributed by atoms with E-state index in [1.165, 1.54) is 5.56 Å². The Morgan fingerprint density at radius 1 is 1.06 bits per heavy atom. The third-order valence-corrected chi connectivity index (χ3v) is 7.56. The molecule has 168 valence electrons. The van der Waals surface area contributed by atoms with E-state index in [9.17, 15) is 4.79 Å². The van der Waals surface area contributed by atoms with E-state index in [-0.39, 0.29) is 35.0 Å². The van der Waals surface area contributed by atoms with Crippen LogP contribution in [0.25, 0.3) is 0 Å². The lowest BCUT2D eigenvalue weighted by Crippen LogP contribution is -2.70. The van der Waals surface area contributed by atoms with Crippen molar-refractivity contribution in [3.8, 4) is 0 Å². The number of carbonyl (C=O) groups excluding carboxylic acids is 1. The summed E-state index contributed by atoms with van der Waals surface area (Å²) in [5.41, 5.74) is 1.49. The molecule has 31 heavy (non-hydrogen) atoms. The van der Waals surface area contributed by atoms with Gasteiger partial charge in [-0.15, -0.1) is 0 Å². The molecule has 3 rings (SSSR count). The van der Waals surface area contributed by atoms with Crippen LogP contribution < -0.4 is 5.32 Å². The molecule has 0 aromatic heterocycles. The Labute approximate surface area is 187 Å². The number of hydrogen-bond donors (Lipinski definition) is 1. The van der Waals surface area contributed by atoms with Crippen LogP contribution in [0.5, 0.6) is 0 Å². The quantitative estimate of drug-likeness (QED) is 0.581. The van der Waals surface area contributed by atoms with Gasteiger partial charge in [0.25, 0.3) is 5.91 Å². The second-order valence-electron chi connectivity index (χ2n) is 9.45. The fourth-order valence-electron chi connectivity index (χ4n) is 4.93. The number of nitrogens with zero attached hydrogens (tertiary/aromatic N) is 1. The summed E-state index contributed by atoms with van der Waals surface area (Å²) in [5, 5.41) is 5.62. The number of benzene rings is 2. The van der Waals surface area contributed by atoms with Gasteiger partial charge in [0.1, 0.15) is 6.10 Å². The van der Waals surface area contributed by atoms with Crippen molar-refractivity contribution in [2.24, 2.45) is 5.92 Å². The minimum atomic E-state index is -0.208. The number of rotatable bonds is 7. The van der Waals surface area contributed by atoms with E-state index >= 15 is 0 Å². The van der Waals surface area contributed by atoms with E-state index in [0.29, 0.717) is 5.56 Å². The van der Waals surface area contributed by atoms with Crippen molar-refractivity contribution < 1.29 is 9.63 Å². The lowest BCUT2D eigenvalue weighted by Gasteiger charge is -2.60. The van der Waals surface area contributed by atoms with Crippen molar-refractivity contribution in [1.29, 1.82) is 0 Å². The van der Waals surface area contributed by atoms with Crippen LogP contribution in [0, 0.1) is 5.92 Å². The van der Waals surface area contributed by atoms with Crippen molar-refractivity contribution >= 4 is 5.91 Å². The van der Waals surface area contributed by atoms with Gasteiger partial charge in [0, 0.05) is 22.7 Å². The fourth-order valence-corrected chi connectivity index (χ4v) is 4.93. The maximum absolute atomic E-state index is 12.9. The smallest absolute Gasteiger partial charge is 0.251 e. The zero-order valence-corrected chi connectivity index (χ0v) is 19.9. The van der Waals surface area contributed by atoms with Gasteiger partial charge in [0.2, 0.25) is 0 Å². The summed E-state index contributed by atoms with van der Waals surface area (Å²) >= 11 is 0. The molecule has 0 radical (unpaired) electrons. The van der Waals surface area contributed by atoms with Crippen LogP contribution >= 0.6 is 0 Å². The molecular formula is C27H38N2O2. The number of amides is 1. The first-order valence-corrected chi connectivity index (χ1v) is 11.6. The molecule has 2 aromatic carbocycles. The van der Waals surface area contributed by atoms with Crippen molar-refractivity contribution in [3.63, 3.8) is 0 Å². The SMILES string of the molecule is CCC1(C)CC(NC(=O)c2ccccc2)C(C)C(C)(CC)N1OC(C)c1ccccc1. The molecule has 5 unspecified atom stereocenters. The molecule has 4 nitrogen and oxygen atoms in total. The monoisotopic (exact) mass is 422 g/mol. The van der Waals surface area contributed by atoms with E-state index in [1.807, 2.05) is 36.4 Å². The molecular weight excluding hydrogens is 384 g/mol. The van der Waals surface area contributed by atoms with Crippen LogP contribution in [-0.4, -0.2) is 28.1 Å². The minimum absolute atomic E-state index is 0.00128. The molecule has 4 heteroatoms. The molecule has 1 fully saturated rings. The lowest BCUT2D eigenvalue weighted by atomic mass is 9.68. The third-order valence-electron chi connectivity index (χ3n) is 7.56.